The van der Waals surface area contributed by atoms with Gasteiger partial charge in [-0.2, -0.15) is 4.80 Å². The first kappa shape index (κ1) is 27.0. The van der Waals surface area contributed by atoms with Crippen molar-refractivity contribution < 1.29 is 19.1 Å². The molecule has 1 N–H and O–H groups in total. The normalized spacial score (nSPS) is 19.6. The molecule has 3 atom stereocenters. The lowest BCUT2D eigenvalue weighted by molar-refractivity contribution is -0.143. The van der Waals surface area contributed by atoms with E-state index >= 15 is 0 Å². The van der Waals surface area contributed by atoms with E-state index in [9.17, 15) is 9.59 Å². The smallest absolute Gasteiger partial charge is 0.247 e. The third-order valence-corrected chi connectivity index (χ3v) is 7.27. The average molecular weight is 533 g/mol. The summed E-state index contributed by atoms with van der Waals surface area (Å²) in [6.07, 6.45) is 3.52. The van der Waals surface area contributed by atoms with E-state index in [0.717, 1.165) is 47.9 Å². The highest BCUT2D eigenvalue weighted by atomic mass is 16.5. The Morgan fingerprint density at radius 1 is 0.974 bits per heavy atom. The Hall–Kier alpha value is -3.63. The van der Waals surface area contributed by atoms with Crippen LogP contribution < -0.4 is 5.32 Å². The third kappa shape index (κ3) is 6.88. The highest BCUT2D eigenvalue weighted by Gasteiger charge is 2.35. The summed E-state index contributed by atoms with van der Waals surface area (Å²) in [6.45, 7) is 5.92. The Morgan fingerprint density at radius 3 is 2.26 bits per heavy atom. The van der Waals surface area contributed by atoms with Crippen LogP contribution in [0.5, 0.6) is 0 Å². The summed E-state index contributed by atoms with van der Waals surface area (Å²) in [5, 5.41) is 15.8. The molecule has 10 heteroatoms. The number of hydrogen-bond donors (Lipinski definition) is 1. The van der Waals surface area contributed by atoms with Crippen molar-refractivity contribution in [1.29, 1.82) is 0 Å². The van der Waals surface area contributed by atoms with Crippen molar-refractivity contribution in [2.45, 2.75) is 64.3 Å². The molecule has 5 rings (SSSR count). The minimum atomic E-state index is -0.830. The van der Waals surface area contributed by atoms with Gasteiger partial charge < -0.3 is 19.7 Å². The summed E-state index contributed by atoms with van der Waals surface area (Å²) in [7, 11) is 0. The number of tetrazole rings is 1. The van der Waals surface area contributed by atoms with E-state index in [1.807, 2.05) is 62.4 Å². The lowest BCUT2D eigenvalue weighted by Gasteiger charge is -2.33. The molecule has 10 nitrogen and oxygen atoms in total. The molecule has 0 bridgehead atoms. The number of ether oxygens (including phenoxy) is 2. The van der Waals surface area contributed by atoms with Crippen LogP contribution in [0.1, 0.15) is 48.4 Å². The Bertz CT molecular complexity index is 1250. The van der Waals surface area contributed by atoms with Gasteiger partial charge in [0.2, 0.25) is 17.6 Å². The molecule has 0 aliphatic carbocycles. The Kier molecular flexibility index (Phi) is 8.63. The van der Waals surface area contributed by atoms with Crippen molar-refractivity contribution >= 4 is 11.8 Å². The molecule has 0 unspecified atom stereocenters. The van der Waals surface area contributed by atoms with Gasteiger partial charge in [-0.05, 0) is 50.3 Å². The van der Waals surface area contributed by atoms with Gasteiger partial charge in [0.05, 0.1) is 12.2 Å². The molecule has 0 radical (unpaired) electrons. The zero-order valence-corrected chi connectivity index (χ0v) is 22.6. The third-order valence-electron chi connectivity index (χ3n) is 7.27. The van der Waals surface area contributed by atoms with Crippen LogP contribution in [-0.2, 0) is 25.6 Å². The van der Waals surface area contributed by atoms with Crippen LogP contribution in [0.25, 0.3) is 11.4 Å². The van der Waals surface area contributed by atoms with Gasteiger partial charge >= 0.3 is 0 Å². The van der Waals surface area contributed by atoms with Gasteiger partial charge in [0.25, 0.3) is 0 Å². The summed E-state index contributed by atoms with van der Waals surface area (Å²) in [5.74, 6) is -0.0818. The SMILES string of the molecule is Cc1ccc(-c2nnn(CC(=O)N(C[C@H]3CCCO3)[C@@H](C(=O)NC[C@@H]3CCCO3)c3ccc(C)cc3)n2)cc1. The molecular weight excluding hydrogens is 496 g/mol. The maximum atomic E-state index is 13.9. The van der Waals surface area contributed by atoms with E-state index in [-0.39, 0.29) is 30.6 Å². The molecule has 2 saturated heterocycles. The fraction of sp³-hybridized carbons (Fsp3) is 0.483. The first-order chi connectivity index (χ1) is 19.0. The van der Waals surface area contributed by atoms with Gasteiger partial charge in [-0.1, -0.05) is 59.7 Å². The van der Waals surface area contributed by atoms with Gasteiger partial charge in [0.15, 0.2) is 0 Å². The molecule has 3 heterocycles. The first-order valence-electron chi connectivity index (χ1n) is 13.7. The molecule has 3 aromatic rings. The average Bonchev–Trinajstić information content (AvgIpc) is 3.72. The van der Waals surface area contributed by atoms with Crippen molar-refractivity contribution in [3.05, 3.63) is 65.2 Å². The highest BCUT2D eigenvalue weighted by Crippen LogP contribution is 2.26. The topological polar surface area (TPSA) is 111 Å². The van der Waals surface area contributed by atoms with Crippen molar-refractivity contribution in [3.8, 4) is 11.4 Å². The van der Waals surface area contributed by atoms with Crippen LogP contribution in [0.2, 0.25) is 0 Å². The number of rotatable bonds is 10. The number of aryl methyl sites for hydroxylation is 2. The Labute approximate surface area is 228 Å². The standard InChI is InChI=1S/C29H36N6O4/c1-20-7-11-22(12-8-20)27(29(37)30-17-24-5-3-15-38-24)34(18-25-6-4-16-39-25)26(36)19-35-32-28(31-33-35)23-13-9-21(2)10-14-23/h7-14,24-25,27H,3-6,15-19H2,1-2H3,(H,30,37)/t24-,25+,27+/m0/s1. The number of benzene rings is 2. The lowest BCUT2D eigenvalue weighted by Crippen LogP contribution is -2.48. The monoisotopic (exact) mass is 532 g/mol. The first-order valence-corrected chi connectivity index (χ1v) is 13.7. The minimum absolute atomic E-state index is 0.00511. The van der Waals surface area contributed by atoms with Crippen LogP contribution in [0.3, 0.4) is 0 Å². The number of nitrogens with one attached hydrogen (secondary N) is 1. The molecule has 2 amide bonds. The number of carbonyl (C=O) groups is 2. The Balaban J connectivity index is 1.40. The van der Waals surface area contributed by atoms with Crippen LogP contribution in [0.15, 0.2) is 48.5 Å². The van der Waals surface area contributed by atoms with Gasteiger partial charge in [0, 0.05) is 31.9 Å². The van der Waals surface area contributed by atoms with E-state index in [2.05, 4.69) is 20.7 Å². The summed E-state index contributed by atoms with van der Waals surface area (Å²) >= 11 is 0. The second kappa shape index (κ2) is 12.5. The van der Waals surface area contributed by atoms with E-state index in [1.54, 1.807) is 4.90 Å². The molecule has 206 valence electrons. The van der Waals surface area contributed by atoms with Crippen LogP contribution in [-0.4, -0.2) is 75.4 Å². The second-order valence-electron chi connectivity index (χ2n) is 10.4. The molecular formula is C29H36N6O4. The molecule has 2 aliphatic rings. The van der Waals surface area contributed by atoms with E-state index in [4.69, 9.17) is 9.47 Å². The minimum Gasteiger partial charge on any atom is -0.376 e. The molecule has 0 saturated carbocycles. The fourth-order valence-corrected chi connectivity index (χ4v) is 5.04. The predicted molar refractivity (Wildman–Crippen MR) is 145 cm³/mol. The second-order valence-corrected chi connectivity index (χ2v) is 10.4. The fourth-order valence-electron chi connectivity index (χ4n) is 5.04. The van der Waals surface area contributed by atoms with Crippen molar-refractivity contribution in [1.82, 2.24) is 30.4 Å². The van der Waals surface area contributed by atoms with Gasteiger partial charge in [-0.25, -0.2) is 0 Å². The van der Waals surface area contributed by atoms with Crippen LogP contribution in [0, 0.1) is 13.8 Å². The largest absolute Gasteiger partial charge is 0.376 e. The Morgan fingerprint density at radius 2 is 1.62 bits per heavy atom. The van der Waals surface area contributed by atoms with Crippen molar-refractivity contribution in [3.63, 3.8) is 0 Å². The molecule has 0 spiro atoms. The summed E-state index contributed by atoms with van der Waals surface area (Å²) in [6, 6.07) is 14.7. The number of carbonyl (C=O) groups excluding carboxylic acids is 2. The molecule has 2 fully saturated rings. The lowest BCUT2D eigenvalue weighted by atomic mass is 10.0. The predicted octanol–water partition coefficient (Wildman–Crippen LogP) is 3.00. The van der Waals surface area contributed by atoms with Gasteiger partial charge in [0.1, 0.15) is 12.6 Å². The van der Waals surface area contributed by atoms with E-state index in [1.165, 1.54) is 4.80 Å². The maximum absolute atomic E-state index is 13.9. The quantitative estimate of drug-likeness (QED) is 0.427. The summed E-state index contributed by atoms with van der Waals surface area (Å²) in [5.41, 5.74) is 3.76. The van der Waals surface area contributed by atoms with Crippen LogP contribution in [0.4, 0.5) is 0 Å². The number of hydrogen-bond acceptors (Lipinski definition) is 7. The summed E-state index contributed by atoms with van der Waals surface area (Å²) < 4.78 is 11.6. The molecule has 1 aromatic heterocycles. The zero-order chi connectivity index (χ0) is 27.2. The molecule has 39 heavy (non-hydrogen) atoms. The molecule has 2 aliphatic heterocycles. The van der Waals surface area contributed by atoms with Gasteiger partial charge in [-0.15, -0.1) is 10.2 Å². The van der Waals surface area contributed by atoms with E-state index in [0.29, 0.717) is 32.1 Å². The zero-order valence-electron chi connectivity index (χ0n) is 22.6. The van der Waals surface area contributed by atoms with Gasteiger partial charge in [-0.3, -0.25) is 9.59 Å². The number of amides is 2. The van der Waals surface area contributed by atoms with E-state index < -0.39 is 6.04 Å². The van der Waals surface area contributed by atoms with Crippen molar-refractivity contribution in [2.75, 3.05) is 26.3 Å². The van der Waals surface area contributed by atoms with Crippen LogP contribution >= 0.6 is 0 Å². The maximum Gasteiger partial charge on any atom is 0.247 e. The number of nitrogens with zero attached hydrogens (tertiary/aromatic N) is 5. The highest BCUT2D eigenvalue weighted by molar-refractivity contribution is 5.88. The molecule has 2 aromatic carbocycles. The van der Waals surface area contributed by atoms with Crippen molar-refractivity contribution in [2.24, 2.45) is 0 Å². The summed E-state index contributed by atoms with van der Waals surface area (Å²) in [4.78, 5) is 30.5. The number of aromatic nitrogens is 4.